The molecule has 0 aromatic heterocycles. The van der Waals surface area contributed by atoms with Crippen LogP contribution >= 0.6 is 11.8 Å². The Balaban J connectivity index is 1.99. The smallest absolute Gasteiger partial charge is 0.253 e. The molecule has 1 aliphatic heterocycles. The van der Waals surface area contributed by atoms with E-state index in [9.17, 15) is 4.79 Å². The largest absolute Gasteiger partial charge is 0.338 e. The van der Waals surface area contributed by atoms with Crippen molar-refractivity contribution in [3.8, 4) is 0 Å². The van der Waals surface area contributed by atoms with Crippen LogP contribution in [0.15, 0.2) is 24.3 Å². The molecule has 4 heteroatoms. The Morgan fingerprint density at radius 2 is 2.15 bits per heavy atom. The molecule has 1 aromatic carbocycles. The van der Waals surface area contributed by atoms with Crippen molar-refractivity contribution < 1.29 is 4.79 Å². The van der Waals surface area contributed by atoms with Crippen LogP contribution in [0, 0.1) is 5.92 Å². The molecule has 0 saturated carbocycles. The van der Waals surface area contributed by atoms with E-state index in [2.05, 4.69) is 6.26 Å². The highest BCUT2D eigenvalue weighted by molar-refractivity contribution is 7.98. The van der Waals surface area contributed by atoms with Crippen LogP contribution in [0.3, 0.4) is 0 Å². The first-order valence-electron chi connectivity index (χ1n) is 7.32. The number of hydrogen-bond acceptors (Lipinski definition) is 3. The number of amides is 1. The third kappa shape index (κ3) is 4.00. The predicted molar refractivity (Wildman–Crippen MR) is 86.2 cm³/mol. The fourth-order valence-corrected chi connectivity index (χ4v) is 3.53. The van der Waals surface area contributed by atoms with Gasteiger partial charge in [-0.15, -0.1) is 0 Å². The van der Waals surface area contributed by atoms with Crippen LogP contribution in [-0.2, 0) is 6.42 Å². The van der Waals surface area contributed by atoms with Gasteiger partial charge in [-0.2, -0.15) is 11.8 Å². The summed E-state index contributed by atoms with van der Waals surface area (Å²) in [5.74, 6) is 1.98. The average molecular weight is 292 g/mol. The molecule has 0 spiro atoms. The van der Waals surface area contributed by atoms with Gasteiger partial charge in [-0.05, 0) is 61.4 Å². The van der Waals surface area contributed by atoms with Crippen molar-refractivity contribution >= 4 is 17.7 Å². The van der Waals surface area contributed by atoms with Gasteiger partial charge in [-0.1, -0.05) is 12.1 Å². The maximum atomic E-state index is 12.5. The normalized spacial score (nSPS) is 19.1. The minimum atomic E-state index is 0.176. The van der Waals surface area contributed by atoms with Gasteiger partial charge < -0.3 is 10.6 Å². The molecule has 1 aliphatic rings. The Morgan fingerprint density at radius 3 is 2.80 bits per heavy atom. The number of carbonyl (C=O) groups is 1. The number of hydrogen-bond donors (Lipinski definition) is 1. The molecule has 1 atom stereocenters. The monoisotopic (exact) mass is 292 g/mol. The SMILES string of the molecule is CSC[C@@H]1CCCN(C(=O)c2ccc(CCN)cc2)C1. The first kappa shape index (κ1) is 15.4. The molecular formula is C16H24N2OS. The van der Waals surface area contributed by atoms with Crippen molar-refractivity contribution in [3.63, 3.8) is 0 Å². The fraction of sp³-hybridized carbons (Fsp3) is 0.562. The average Bonchev–Trinajstić information content (AvgIpc) is 2.48. The molecule has 2 rings (SSSR count). The summed E-state index contributed by atoms with van der Waals surface area (Å²) in [4.78, 5) is 14.5. The number of rotatable bonds is 5. The first-order valence-corrected chi connectivity index (χ1v) is 8.71. The van der Waals surface area contributed by atoms with E-state index in [1.165, 1.54) is 12.0 Å². The summed E-state index contributed by atoms with van der Waals surface area (Å²) >= 11 is 1.88. The summed E-state index contributed by atoms with van der Waals surface area (Å²) in [6, 6.07) is 7.91. The second-order valence-electron chi connectivity index (χ2n) is 5.45. The fourth-order valence-electron chi connectivity index (χ4n) is 2.78. The highest BCUT2D eigenvalue weighted by Crippen LogP contribution is 2.21. The second kappa shape index (κ2) is 7.70. The van der Waals surface area contributed by atoms with Crippen LogP contribution in [0.1, 0.15) is 28.8 Å². The number of piperidine rings is 1. The quantitative estimate of drug-likeness (QED) is 0.906. The minimum Gasteiger partial charge on any atom is -0.338 e. The predicted octanol–water partition coefficient (Wildman–Crippen LogP) is 2.40. The highest BCUT2D eigenvalue weighted by atomic mass is 32.2. The lowest BCUT2D eigenvalue weighted by atomic mass is 9.99. The summed E-state index contributed by atoms with van der Waals surface area (Å²) in [5, 5.41) is 0. The van der Waals surface area contributed by atoms with Gasteiger partial charge in [0.15, 0.2) is 0 Å². The zero-order chi connectivity index (χ0) is 14.4. The summed E-state index contributed by atoms with van der Waals surface area (Å²) in [5.41, 5.74) is 7.54. The molecule has 0 bridgehead atoms. The van der Waals surface area contributed by atoms with E-state index in [0.717, 1.165) is 37.2 Å². The molecule has 0 radical (unpaired) electrons. The molecule has 1 fully saturated rings. The van der Waals surface area contributed by atoms with Crippen molar-refractivity contribution in [2.24, 2.45) is 11.7 Å². The van der Waals surface area contributed by atoms with E-state index in [1.807, 2.05) is 40.9 Å². The van der Waals surface area contributed by atoms with Gasteiger partial charge in [0.2, 0.25) is 0 Å². The molecule has 0 unspecified atom stereocenters. The van der Waals surface area contributed by atoms with Crippen molar-refractivity contribution in [2.75, 3.05) is 31.6 Å². The number of likely N-dealkylation sites (tertiary alicyclic amines) is 1. The summed E-state index contributed by atoms with van der Waals surface area (Å²) in [6.45, 7) is 2.45. The van der Waals surface area contributed by atoms with Gasteiger partial charge >= 0.3 is 0 Å². The van der Waals surface area contributed by atoms with Crippen LogP contribution in [-0.4, -0.2) is 42.4 Å². The lowest BCUT2D eigenvalue weighted by molar-refractivity contribution is 0.0685. The second-order valence-corrected chi connectivity index (χ2v) is 6.36. The Hall–Kier alpha value is -1.00. The van der Waals surface area contributed by atoms with Crippen LogP contribution in [0.25, 0.3) is 0 Å². The lowest BCUT2D eigenvalue weighted by Gasteiger charge is -2.32. The molecule has 110 valence electrons. The summed E-state index contributed by atoms with van der Waals surface area (Å²) < 4.78 is 0. The number of thioether (sulfide) groups is 1. The van der Waals surface area contributed by atoms with Gasteiger partial charge in [-0.25, -0.2) is 0 Å². The zero-order valence-corrected chi connectivity index (χ0v) is 13.0. The number of nitrogens with zero attached hydrogens (tertiary/aromatic N) is 1. The summed E-state index contributed by atoms with van der Waals surface area (Å²) in [7, 11) is 0. The number of nitrogens with two attached hydrogens (primary N) is 1. The minimum absolute atomic E-state index is 0.176. The Morgan fingerprint density at radius 1 is 1.40 bits per heavy atom. The molecule has 2 N–H and O–H groups in total. The van der Waals surface area contributed by atoms with Crippen molar-refractivity contribution in [1.82, 2.24) is 4.90 Å². The summed E-state index contributed by atoms with van der Waals surface area (Å²) in [6.07, 6.45) is 5.38. The van der Waals surface area contributed by atoms with Crippen molar-refractivity contribution in [3.05, 3.63) is 35.4 Å². The maximum Gasteiger partial charge on any atom is 0.253 e. The molecular weight excluding hydrogens is 268 g/mol. The van der Waals surface area contributed by atoms with Gasteiger partial charge in [0.05, 0.1) is 0 Å². The maximum absolute atomic E-state index is 12.5. The van der Waals surface area contributed by atoms with Crippen LogP contribution in [0.4, 0.5) is 0 Å². The molecule has 3 nitrogen and oxygen atoms in total. The van der Waals surface area contributed by atoms with Gasteiger partial charge in [0.1, 0.15) is 0 Å². The van der Waals surface area contributed by atoms with Crippen LogP contribution in [0.5, 0.6) is 0 Å². The van der Waals surface area contributed by atoms with E-state index >= 15 is 0 Å². The van der Waals surface area contributed by atoms with Crippen LogP contribution < -0.4 is 5.73 Å². The zero-order valence-electron chi connectivity index (χ0n) is 12.2. The molecule has 1 saturated heterocycles. The Labute approximate surface area is 125 Å². The Kier molecular flexibility index (Phi) is 5.92. The van der Waals surface area contributed by atoms with Gasteiger partial charge in [0.25, 0.3) is 5.91 Å². The molecule has 1 aromatic rings. The molecule has 0 aliphatic carbocycles. The van der Waals surface area contributed by atoms with Crippen molar-refractivity contribution in [2.45, 2.75) is 19.3 Å². The van der Waals surface area contributed by atoms with E-state index < -0.39 is 0 Å². The number of benzene rings is 1. The third-order valence-electron chi connectivity index (χ3n) is 3.84. The molecule has 1 amide bonds. The van der Waals surface area contributed by atoms with Crippen molar-refractivity contribution in [1.29, 1.82) is 0 Å². The molecule has 20 heavy (non-hydrogen) atoms. The van der Waals surface area contributed by atoms with E-state index in [-0.39, 0.29) is 5.91 Å². The van der Waals surface area contributed by atoms with E-state index in [1.54, 1.807) is 0 Å². The lowest BCUT2D eigenvalue weighted by Crippen LogP contribution is -2.40. The first-order chi connectivity index (χ1) is 9.74. The van der Waals surface area contributed by atoms with E-state index in [0.29, 0.717) is 12.5 Å². The highest BCUT2D eigenvalue weighted by Gasteiger charge is 2.23. The van der Waals surface area contributed by atoms with Crippen LogP contribution in [0.2, 0.25) is 0 Å². The third-order valence-corrected chi connectivity index (χ3v) is 4.65. The Bertz CT molecular complexity index is 431. The molecule has 1 heterocycles. The van der Waals surface area contributed by atoms with E-state index in [4.69, 9.17) is 5.73 Å². The standard InChI is InChI=1S/C16H24N2OS/c1-20-12-14-3-2-10-18(11-14)16(19)15-6-4-13(5-7-15)8-9-17/h4-7,14H,2-3,8-12,17H2,1H3/t14-/m1/s1. The van der Waals surface area contributed by atoms with Gasteiger partial charge in [0, 0.05) is 18.7 Å². The number of carbonyl (C=O) groups excluding carboxylic acids is 1. The van der Waals surface area contributed by atoms with Gasteiger partial charge in [-0.3, -0.25) is 4.79 Å². The topological polar surface area (TPSA) is 46.3 Å².